The lowest BCUT2D eigenvalue weighted by molar-refractivity contribution is -0.132. The molecule has 1 fully saturated rings. The van der Waals surface area contributed by atoms with E-state index in [-0.39, 0.29) is 30.3 Å². The van der Waals surface area contributed by atoms with Crippen LogP contribution in [0.2, 0.25) is 0 Å². The summed E-state index contributed by atoms with van der Waals surface area (Å²) in [6.45, 7) is 8.74. The molecule has 2 aliphatic rings. The monoisotopic (exact) mass is 619 g/mol. The smallest absolute Gasteiger partial charge is 0.239 e. The number of nitrogens with zero attached hydrogens (tertiary/aromatic N) is 3. The van der Waals surface area contributed by atoms with Gasteiger partial charge in [0.05, 0.1) is 29.5 Å². The molecule has 1 aromatic heterocycles. The molecule has 2 amide bonds. The van der Waals surface area contributed by atoms with E-state index in [4.69, 9.17) is 0 Å². The standard InChI is InChI=1S/C34H45N5O4S/c1-34(2,3)37-33(43)29-20-38(18-26-21-44-22-35-26)13-14-39(29)19-27(40)16-25(15-23-9-5-4-6-10-23)32(42)36-31-28-12-8-7-11-24(28)17-30(31)41/h4-12,21-22,25,27,29-31,40-41H,13-20H2,1-3H3,(H,36,42)(H,37,43)/t25-,27+,29+,30-,31+/m1/s1. The molecule has 0 spiro atoms. The topological polar surface area (TPSA) is 118 Å². The van der Waals surface area contributed by atoms with Gasteiger partial charge < -0.3 is 20.8 Å². The Morgan fingerprint density at radius 2 is 1.84 bits per heavy atom. The normalized spacial score (nSPS) is 22.2. The third-order valence-corrected chi connectivity index (χ3v) is 9.08. The molecular formula is C34H45N5O4S. The number of carbonyl (C=O) groups excluding carboxylic acids is 2. The molecule has 10 heteroatoms. The molecule has 3 aromatic rings. The number of nitrogens with one attached hydrogen (secondary N) is 2. The summed E-state index contributed by atoms with van der Waals surface area (Å²) in [7, 11) is 0. The van der Waals surface area contributed by atoms with Crippen molar-refractivity contribution in [2.75, 3.05) is 26.2 Å². The summed E-state index contributed by atoms with van der Waals surface area (Å²) in [5.41, 5.74) is 5.41. The fourth-order valence-corrected chi connectivity index (χ4v) is 6.91. The maximum Gasteiger partial charge on any atom is 0.239 e. The predicted molar refractivity (Wildman–Crippen MR) is 172 cm³/mol. The van der Waals surface area contributed by atoms with Crippen LogP contribution in [0.25, 0.3) is 0 Å². The molecule has 1 aliphatic carbocycles. The Morgan fingerprint density at radius 3 is 2.57 bits per heavy atom. The van der Waals surface area contributed by atoms with Gasteiger partial charge in [-0.05, 0) is 50.3 Å². The number of aromatic nitrogens is 1. The number of β-amino-alcohol motifs (C(OH)–C–C–N with tert-alkyl or cyclic N) is 1. The van der Waals surface area contributed by atoms with Gasteiger partial charge in [-0.1, -0.05) is 54.6 Å². The molecule has 5 rings (SSSR count). The van der Waals surface area contributed by atoms with Gasteiger partial charge in [0.25, 0.3) is 0 Å². The highest BCUT2D eigenvalue weighted by atomic mass is 32.1. The molecule has 1 saturated heterocycles. The number of hydrogen-bond donors (Lipinski definition) is 4. The predicted octanol–water partition coefficient (Wildman–Crippen LogP) is 2.93. The van der Waals surface area contributed by atoms with Crippen LogP contribution < -0.4 is 10.6 Å². The van der Waals surface area contributed by atoms with Crippen LogP contribution in [0.15, 0.2) is 65.5 Å². The number of aliphatic hydroxyl groups is 2. The van der Waals surface area contributed by atoms with E-state index >= 15 is 0 Å². The molecule has 9 nitrogen and oxygen atoms in total. The van der Waals surface area contributed by atoms with Crippen LogP contribution in [-0.4, -0.2) is 86.8 Å². The van der Waals surface area contributed by atoms with E-state index in [1.165, 1.54) is 0 Å². The molecule has 0 unspecified atom stereocenters. The first-order valence-corrected chi connectivity index (χ1v) is 16.4. The summed E-state index contributed by atoms with van der Waals surface area (Å²) in [6.07, 6.45) is -0.326. The molecule has 0 bridgehead atoms. The van der Waals surface area contributed by atoms with E-state index in [1.54, 1.807) is 11.3 Å². The van der Waals surface area contributed by atoms with Gasteiger partial charge in [0, 0.05) is 56.0 Å². The summed E-state index contributed by atoms with van der Waals surface area (Å²) in [6, 6.07) is 16.7. The highest BCUT2D eigenvalue weighted by molar-refractivity contribution is 7.07. The number of benzene rings is 2. The van der Waals surface area contributed by atoms with Crippen LogP contribution in [0.4, 0.5) is 0 Å². The van der Waals surface area contributed by atoms with Crippen LogP contribution in [0, 0.1) is 5.92 Å². The van der Waals surface area contributed by atoms with Crippen LogP contribution >= 0.6 is 11.3 Å². The molecule has 1 aliphatic heterocycles. The minimum Gasteiger partial charge on any atom is -0.392 e. The van der Waals surface area contributed by atoms with Crippen molar-refractivity contribution < 1.29 is 19.8 Å². The number of aliphatic hydroxyl groups excluding tert-OH is 2. The van der Waals surface area contributed by atoms with Crippen molar-refractivity contribution in [1.82, 2.24) is 25.4 Å². The zero-order chi connectivity index (χ0) is 31.3. The Morgan fingerprint density at radius 1 is 1.09 bits per heavy atom. The van der Waals surface area contributed by atoms with Crippen molar-refractivity contribution in [3.05, 3.63) is 87.9 Å². The maximum atomic E-state index is 13.8. The van der Waals surface area contributed by atoms with Crippen LogP contribution in [0.5, 0.6) is 0 Å². The Kier molecular flexibility index (Phi) is 10.5. The van der Waals surface area contributed by atoms with Crippen molar-refractivity contribution in [2.24, 2.45) is 5.92 Å². The van der Waals surface area contributed by atoms with E-state index in [2.05, 4.69) is 25.4 Å². The Labute approximate surface area is 264 Å². The number of carbonyl (C=O) groups is 2. The first-order valence-electron chi connectivity index (χ1n) is 15.5. The average Bonchev–Trinajstić information content (AvgIpc) is 3.60. The number of rotatable bonds is 11. The van der Waals surface area contributed by atoms with E-state index in [9.17, 15) is 19.8 Å². The zero-order valence-electron chi connectivity index (χ0n) is 25.9. The second-order valence-electron chi connectivity index (χ2n) is 13.2. The third kappa shape index (κ3) is 8.51. The van der Waals surface area contributed by atoms with Gasteiger partial charge >= 0.3 is 0 Å². The van der Waals surface area contributed by atoms with Crippen LogP contribution in [-0.2, 0) is 29.0 Å². The Hall–Kier alpha value is -3.15. The average molecular weight is 620 g/mol. The van der Waals surface area contributed by atoms with E-state index in [1.807, 2.05) is 86.3 Å². The first kappa shape index (κ1) is 32.2. The van der Waals surface area contributed by atoms with Gasteiger partial charge in [0.2, 0.25) is 11.8 Å². The quantitative estimate of drug-likeness (QED) is 0.261. The maximum absolute atomic E-state index is 13.8. The molecule has 2 heterocycles. The molecule has 2 aromatic carbocycles. The summed E-state index contributed by atoms with van der Waals surface area (Å²) < 4.78 is 0. The zero-order valence-corrected chi connectivity index (χ0v) is 26.7. The van der Waals surface area contributed by atoms with Gasteiger partial charge in [-0.15, -0.1) is 11.3 Å². The Balaban J connectivity index is 1.28. The minimum absolute atomic E-state index is 0.0693. The lowest BCUT2D eigenvalue weighted by atomic mass is 9.91. The molecule has 236 valence electrons. The summed E-state index contributed by atoms with van der Waals surface area (Å²) in [4.78, 5) is 36.0. The van der Waals surface area contributed by atoms with Gasteiger partial charge in [0.15, 0.2) is 0 Å². The number of thiazole rings is 1. The molecule has 5 atom stereocenters. The molecule has 0 radical (unpaired) electrons. The highest BCUT2D eigenvalue weighted by Gasteiger charge is 2.37. The summed E-state index contributed by atoms with van der Waals surface area (Å²) >= 11 is 1.56. The number of hydrogen-bond acceptors (Lipinski definition) is 8. The summed E-state index contributed by atoms with van der Waals surface area (Å²) in [5.74, 6) is -0.774. The largest absolute Gasteiger partial charge is 0.392 e. The van der Waals surface area contributed by atoms with Gasteiger partial charge in [-0.25, -0.2) is 4.98 Å². The fourth-order valence-electron chi connectivity index (χ4n) is 6.36. The Bertz CT molecular complexity index is 1380. The first-order chi connectivity index (χ1) is 21.1. The second kappa shape index (κ2) is 14.3. The van der Waals surface area contributed by atoms with Crippen molar-refractivity contribution in [3.63, 3.8) is 0 Å². The highest BCUT2D eigenvalue weighted by Crippen LogP contribution is 2.32. The molecule has 0 saturated carbocycles. The minimum atomic E-state index is -0.828. The third-order valence-electron chi connectivity index (χ3n) is 8.44. The molecule has 44 heavy (non-hydrogen) atoms. The van der Waals surface area contributed by atoms with E-state index < -0.39 is 30.2 Å². The molecular weight excluding hydrogens is 574 g/mol. The van der Waals surface area contributed by atoms with Gasteiger partial charge in [-0.2, -0.15) is 0 Å². The van der Waals surface area contributed by atoms with Crippen LogP contribution in [0.3, 0.4) is 0 Å². The summed E-state index contributed by atoms with van der Waals surface area (Å²) in [5, 5.41) is 30.5. The fraction of sp³-hybridized carbons (Fsp3) is 0.500. The second-order valence-corrected chi connectivity index (χ2v) is 13.9. The van der Waals surface area contributed by atoms with E-state index in [0.29, 0.717) is 32.5 Å². The lowest BCUT2D eigenvalue weighted by Crippen LogP contribution is -2.61. The van der Waals surface area contributed by atoms with Crippen molar-refractivity contribution in [1.29, 1.82) is 0 Å². The SMILES string of the molecule is CC(C)(C)NC(=O)[C@@H]1CN(Cc2cscn2)CCN1C[C@@H](O)C[C@@H](Cc1ccccc1)C(=O)N[C@H]1c2ccccc2C[C@H]1O. The number of piperazine rings is 1. The number of fused-ring (bicyclic) bond motifs is 1. The number of amides is 2. The van der Waals surface area contributed by atoms with Crippen molar-refractivity contribution >= 4 is 23.2 Å². The van der Waals surface area contributed by atoms with E-state index in [0.717, 1.165) is 28.9 Å². The molecule has 4 N–H and O–H groups in total. The van der Waals surface area contributed by atoms with Gasteiger partial charge in [-0.3, -0.25) is 19.4 Å². The van der Waals surface area contributed by atoms with Crippen molar-refractivity contribution in [2.45, 2.75) is 76.4 Å². The van der Waals surface area contributed by atoms with Crippen molar-refractivity contribution in [3.8, 4) is 0 Å². The van der Waals surface area contributed by atoms with Gasteiger partial charge in [0.1, 0.15) is 6.04 Å². The lowest BCUT2D eigenvalue weighted by Gasteiger charge is -2.42. The van der Waals surface area contributed by atoms with Crippen LogP contribution in [0.1, 0.15) is 55.6 Å².